The fourth-order valence-corrected chi connectivity index (χ4v) is 3.60. The standard InChI is InChI=1S/C22H23FN2/c23-20-8-9-21-19(15-24-22(21)14-20)16-25-12-10-18(11-13-25)7-6-17-4-2-1-3-5-17/h1-5,8-10,14-15,24H,6-7,11-13,16H2. The van der Waals surface area contributed by atoms with Crippen molar-refractivity contribution in [2.75, 3.05) is 13.1 Å². The van der Waals surface area contributed by atoms with Gasteiger partial charge in [-0.1, -0.05) is 42.0 Å². The fraction of sp³-hybridized carbons (Fsp3) is 0.273. The molecule has 0 amide bonds. The first-order valence-electron chi connectivity index (χ1n) is 8.97. The van der Waals surface area contributed by atoms with Gasteiger partial charge in [0.15, 0.2) is 0 Å². The lowest BCUT2D eigenvalue weighted by Crippen LogP contribution is -2.28. The second-order valence-corrected chi connectivity index (χ2v) is 6.84. The molecule has 0 atom stereocenters. The van der Waals surface area contributed by atoms with E-state index >= 15 is 0 Å². The molecule has 0 unspecified atom stereocenters. The van der Waals surface area contributed by atoms with Gasteiger partial charge in [-0.2, -0.15) is 0 Å². The minimum Gasteiger partial charge on any atom is -0.361 e. The topological polar surface area (TPSA) is 19.0 Å². The summed E-state index contributed by atoms with van der Waals surface area (Å²) in [4.78, 5) is 5.64. The molecule has 0 fully saturated rings. The van der Waals surface area contributed by atoms with Crippen molar-refractivity contribution in [2.45, 2.75) is 25.8 Å². The van der Waals surface area contributed by atoms with Crippen molar-refractivity contribution in [3.63, 3.8) is 0 Å². The molecule has 3 aromatic rings. The number of rotatable bonds is 5. The van der Waals surface area contributed by atoms with Crippen LogP contribution in [-0.2, 0) is 13.0 Å². The van der Waals surface area contributed by atoms with Crippen LogP contribution in [0.25, 0.3) is 10.9 Å². The molecule has 0 saturated heterocycles. The van der Waals surface area contributed by atoms with E-state index in [2.05, 4.69) is 46.3 Å². The predicted molar refractivity (Wildman–Crippen MR) is 101 cm³/mol. The van der Waals surface area contributed by atoms with Crippen LogP contribution < -0.4 is 0 Å². The van der Waals surface area contributed by atoms with Crippen molar-refractivity contribution in [1.82, 2.24) is 9.88 Å². The lowest BCUT2D eigenvalue weighted by Gasteiger charge is -2.26. The second-order valence-electron chi connectivity index (χ2n) is 6.84. The molecule has 0 bridgehead atoms. The highest BCUT2D eigenvalue weighted by Crippen LogP contribution is 2.23. The van der Waals surface area contributed by atoms with Crippen LogP contribution in [0, 0.1) is 5.82 Å². The Morgan fingerprint density at radius 1 is 1.04 bits per heavy atom. The van der Waals surface area contributed by atoms with Gasteiger partial charge in [0.25, 0.3) is 0 Å². The molecule has 4 rings (SSSR count). The first-order valence-corrected chi connectivity index (χ1v) is 8.97. The number of nitrogens with zero attached hydrogens (tertiary/aromatic N) is 1. The molecule has 2 nitrogen and oxygen atoms in total. The Hall–Kier alpha value is -2.39. The predicted octanol–water partition coefficient (Wildman–Crippen LogP) is 5.07. The zero-order valence-corrected chi connectivity index (χ0v) is 14.3. The summed E-state index contributed by atoms with van der Waals surface area (Å²) in [6.07, 6.45) is 7.83. The summed E-state index contributed by atoms with van der Waals surface area (Å²) in [5.74, 6) is -0.190. The van der Waals surface area contributed by atoms with Crippen molar-refractivity contribution >= 4 is 10.9 Å². The maximum absolute atomic E-state index is 13.3. The molecule has 0 saturated carbocycles. The van der Waals surface area contributed by atoms with Crippen LogP contribution in [0.15, 0.2) is 66.4 Å². The number of aryl methyl sites for hydroxylation is 1. The Balaban J connectivity index is 1.35. The Morgan fingerprint density at radius 3 is 2.72 bits per heavy atom. The smallest absolute Gasteiger partial charge is 0.125 e. The van der Waals surface area contributed by atoms with Gasteiger partial charge < -0.3 is 4.98 Å². The van der Waals surface area contributed by atoms with E-state index in [1.165, 1.54) is 17.2 Å². The maximum atomic E-state index is 13.3. The summed E-state index contributed by atoms with van der Waals surface area (Å²) in [7, 11) is 0. The lowest BCUT2D eigenvalue weighted by molar-refractivity contribution is 0.285. The molecule has 1 aliphatic heterocycles. The number of aromatic nitrogens is 1. The van der Waals surface area contributed by atoms with Crippen molar-refractivity contribution in [3.05, 3.63) is 83.3 Å². The summed E-state index contributed by atoms with van der Waals surface area (Å²) in [5.41, 5.74) is 5.11. The molecule has 1 N–H and O–H groups in total. The highest BCUT2D eigenvalue weighted by molar-refractivity contribution is 5.83. The van der Waals surface area contributed by atoms with Crippen LogP contribution in [0.3, 0.4) is 0 Å². The third-order valence-electron chi connectivity index (χ3n) is 5.09. The number of nitrogens with one attached hydrogen (secondary N) is 1. The molecule has 0 spiro atoms. The van der Waals surface area contributed by atoms with Crippen molar-refractivity contribution < 1.29 is 4.39 Å². The van der Waals surface area contributed by atoms with Crippen molar-refractivity contribution in [2.24, 2.45) is 0 Å². The van der Waals surface area contributed by atoms with E-state index in [-0.39, 0.29) is 5.82 Å². The molecule has 2 aromatic carbocycles. The van der Waals surface area contributed by atoms with E-state index in [0.717, 1.165) is 49.8 Å². The molecule has 1 aromatic heterocycles. The first-order chi connectivity index (χ1) is 12.3. The molecule has 0 radical (unpaired) electrons. The minimum absolute atomic E-state index is 0.190. The van der Waals surface area contributed by atoms with Gasteiger partial charge in [-0.3, -0.25) is 4.90 Å². The van der Waals surface area contributed by atoms with E-state index in [0.29, 0.717) is 0 Å². The van der Waals surface area contributed by atoms with E-state index in [4.69, 9.17) is 0 Å². The summed E-state index contributed by atoms with van der Waals surface area (Å²) >= 11 is 0. The van der Waals surface area contributed by atoms with Crippen LogP contribution in [0.1, 0.15) is 24.0 Å². The number of halogens is 1. The van der Waals surface area contributed by atoms with Gasteiger partial charge in [0.05, 0.1) is 0 Å². The lowest BCUT2D eigenvalue weighted by atomic mass is 9.99. The average molecular weight is 334 g/mol. The van der Waals surface area contributed by atoms with Crippen LogP contribution in [0.5, 0.6) is 0 Å². The Morgan fingerprint density at radius 2 is 1.92 bits per heavy atom. The number of fused-ring (bicyclic) bond motifs is 1. The minimum atomic E-state index is -0.190. The van der Waals surface area contributed by atoms with Crippen LogP contribution in [0.4, 0.5) is 4.39 Å². The molecule has 1 aliphatic rings. The molecule has 128 valence electrons. The normalized spacial score (nSPS) is 15.5. The highest BCUT2D eigenvalue weighted by atomic mass is 19.1. The van der Waals surface area contributed by atoms with Gasteiger partial charge in [-0.05, 0) is 48.6 Å². The summed E-state index contributed by atoms with van der Waals surface area (Å²) in [6, 6.07) is 15.7. The fourth-order valence-electron chi connectivity index (χ4n) is 3.60. The number of H-pyrrole nitrogens is 1. The van der Waals surface area contributed by atoms with Crippen LogP contribution in [0.2, 0.25) is 0 Å². The van der Waals surface area contributed by atoms with Gasteiger partial charge in [0.2, 0.25) is 0 Å². The summed E-state index contributed by atoms with van der Waals surface area (Å²) in [5, 5.41) is 1.13. The largest absolute Gasteiger partial charge is 0.361 e. The van der Waals surface area contributed by atoms with Crippen molar-refractivity contribution in [1.29, 1.82) is 0 Å². The van der Waals surface area contributed by atoms with Crippen LogP contribution >= 0.6 is 0 Å². The monoisotopic (exact) mass is 334 g/mol. The molecular weight excluding hydrogens is 311 g/mol. The van der Waals surface area contributed by atoms with Gasteiger partial charge in [-0.25, -0.2) is 4.39 Å². The Labute approximate surface area is 148 Å². The zero-order chi connectivity index (χ0) is 17.1. The quantitative estimate of drug-likeness (QED) is 0.645. The van der Waals surface area contributed by atoms with E-state index < -0.39 is 0 Å². The van der Waals surface area contributed by atoms with E-state index in [9.17, 15) is 4.39 Å². The highest BCUT2D eigenvalue weighted by Gasteiger charge is 2.14. The average Bonchev–Trinajstić information content (AvgIpc) is 3.04. The van der Waals surface area contributed by atoms with E-state index in [1.54, 1.807) is 11.6 Å². The molecular formula is C22H23FN2. The number of benzene rings is 2. The third-order valence-corrected chi connectivity index (χ3v) is 5.09. The van der Waals surface area contributed by atoms with E-state index in [1.807, 2.05) is 12.3 Å². The van der Waals surface area contributed by atoms with Gasteiger partial charge >= 0.3 is 0 Å². The van der Waals surface area contributed by atoms with Gasteiger partial charge in [-0.15, -0.1) is 0 Å². The summed E-state index contributed by atoms with van der Waals surface area (Å²) in [6.45, 7) is 3.00. The Kier molecular flexibility index (Phi) is 4.66. The molecule has 0 aliphatic carbocycles. The number of aromatic amines is 1. The third kappa shape index (κ3) is 3.83. The molecule has 2 heterocycles. The number of hydrogen-bond acceptors (Lipinski definition) is 1. The van der Waals surface area contributed by atoms with Crippen LogP contribution in [-0.4, -0.2) is 23.0 Å². The SMILES string of the molecule is Fc1ccc2c(CN3CC=C(CCc4ccccc4)CC3)c[nH]c2c1. The molecule has 25 heavy (non-hydrogen) atoms. The van der Waals surface area contributed by atoms with Gasteiger partial charge in [0, 0.05) is 36.7 Å². The zero-order valence-electron chi connectivity index (χ0n) is 14.3. The second kappa shape index (κ2) is 7.24. The van der Waals surface area contributed by atoms with Crippen molar-refractivity contribution in [3.8, 4) is 0 Å². The summed E-state index contributed by atoms with van der Waals surface area (Å²) < 4.78 is 13.3. The Bertz CT molecular complexity index is 879. The number of hydrogen-bond donors (Lipinski definition) is 1. The van der Waals surface area contributed by atoms with Gasteiger partial charge in [0.1, 0.15) is 5.82 Å². The molecule has 3 heteroatoms. The first kappa shape index (κ1) is 16.1. The maximum Gasteiger partial charge on any atom is 0.125 e.